The number of nitro benzene ring substituents is 1. The first-order chi connectivity index (χ1) is 31.4. The Kier molecular flexibility index (Phi) is 25.6. The molecule has 350 valence electrons. The first-order valence-electron chi connectivity index (χ1n) is 24.7. The summed E-state index contributed by atoms with van der Waals surface area (Å²) in [4.78, 5) is 24.2. The second-order valence-electron chi connectivity index (χ2n) is 17.1. The topological polar surface area (TPSA) is 106 Å². The van der Waals surface area contributed by atoms with Crippen molar-refractivity contribution < 1.29 is 33.4 Å². The van der Waals surface area contributed by atoms with E-state index in [-0.39, 0.29) is 11.4 Å². The molecule has 1 atom stereocenters. The Labute approximate surface area is 384 Å². The molecule has 9 nitrogen and oxygen atoms in total. The molecular weight excluding hydrogens is 803 g/mol. The molecule has 0 N–H and O–H groups in total. The predicted molar refractivity (Wildman–Crippen MR) is 260 cm³/mol. The highest BCUT2D eigenvalue weighted by Crippen LogP contribution is 2.38. The third-order valence-electron chi connectivity index (χ3n) is 11.9. The van der Waals surface area contributed by atoms with Crippen molar-refractivity contribution in [2.75, 3.05) is 20.3 Å². The summed E-state index contributed by atoms with van der Waals surface area (Å²) >= 11 is 0. The van der Waals surface area contributed by atoms with Crippen LogP contribution in [0.5, 0.6) is 23.0 Å². The molecule has 4 aromatic rings. The normalized spacial score (nSPS) is 11.5. The second-order valence-corrected chi connectivity index (χ2v) is 17.1. The molecule has 0 saturated heterocycles. The van der Waals surface area contributed by atoms with Gasteiger partial charge < -0.3 is 23.7 Å². The Balaban J connectivity index is 1.41. The summed E-state index contributed by atoms with van der Waals surface area (Å²) in [6.45, 7) is 5.78. The summed E-state index contributed by atoms with van der Waals surface area (Å²) in [5, 5.41) is 11.2. The Hall–Kier alpha value is -5.05. The van der Waals surface area contributed by atoms with Gasteiger partial charge in [0, 0.05) is 17.7 Å². The van der Waals surface area contributed by atoms with Gasteiger partial charge in [-0.3, -0.25) is 10.1 Å². The van der Waals surface area contributed by atoms with Crippen LogP contribution in [0.2, 0.25) is 0 Å². The quantitative estimate of drug-likeness (QED) is 0.0148. The molecule has 0 amide bonds. The van der Waals surface area contributed by atoms with E-state index in [4.69, 9.17) is 23.7 Å². The predicted octanol–water partition coefficient (Wildman–Crippen LogP) is 16.7. The number of nitrogens with zero attached hydrogens (tertiary/aromatic N) is 1. The first kappa shape index (κ1) is 51.6. The van der Waals surface area contributed by atoms with E-state index in [1.807, 2.05) is 66.7 Å². The van der Waals surface area contributed by atoms with Crippen LogP contribution in [0.4, 0.5) is 10.5 Å². The average molecular weight is 880 g/mol. The maximum absolute atomic E-state index is 13.5. The van der Waals surface area contributed by atoms with Crippen LogP contribution < -0.4 is 18.9 Å². The molecule has 0 aliphatic heterocycles. The van der Waals surface area contributed by atoms with Gasteiger partial charge in [-0.05, 0) is 78.1 Å². The standard InChI is InChI=1S/C55H77NO8/c1-4-6-8-10-12-14-16-18-20-22-24-26-42-61-49-36-30-46(31-37-49)54(64-55(57)63-50-38-32-47(33-39-50)56(58)59)52-41-40-51(44-53(52)45-28-34-48(60-3)35-29-45)62-43-27-25-23-21-19-17-15-13-11-9-7-5-2/h28-41,44,54H,4-27,42-43H2,1-3H3. The molecule has 64 heavy (non-hydrogen) atoms. The van der Waals surface area contributed by atoms with E-state index in [0.717, 1.165) is 65.2 Å². The lowest BCUT2D eigenvalue weighted by Crippen LogP contribution is -2.17. The summed E-state index contributed by atoms with van der Waals surface area (Å²) in [5.41, 5.74) is 3.07. The van der Waals surface area contributed by atoms with Gasteiger partial charge in [0.2, 0.25) is 0 Å². The fourth-order valence-electron chi connectivity index (χ4n) is 8.04. The molecule has 0 aliphatic rings. The minimum Gasteiger partial charge on any atom is -0.497 e. The van der Waals surface area contributed by atoms with Gasteiger partial charge in [-0.25, -0.2) is 4.79 Å². The maximum atomic E-state index is 13.5. The maximum Gasteiger partial charge on any atom is 0.514 e. The van der Waals surface area contributed by atoms with Crippen molar-refractivity contribution in [1.29, 1.82) is 0 Å². The number of ether oxygens (including phenoxy) is 5. The Morgan fingerprint density at radius 2 is 0.938 bits per heavy atom. The number of carbonyl (C=O) groups is 1. The number of nitro groups is 1. The van der Waals surface area contributed by atoms with Gasteiger partial charge in [-0.2, -0.15) is 0 Å². The van der Waals surface area contributed by atoms with Crippen molar-refractivity contribution in [1.82, 2.24) is 0 Å². The van der Waals surface area contributed by atoms with Crippen LogP contribution in [-0.4, -0.2) is 31.4 Å². The molecule has 0 heterocycles. The van der Waals surface area contributed by atoms with Crippen molar-refractivity contribution in [3.63, 3.8) is 0 Å². The van der Waals surface area contributed by atoms with Crippen LogP contribution in [0.25, 0.3) is 11.1 Å². The van der Waals surface area contributed by atoms with Gasteiger partial charge in [0.05, 0.1) is 25.2 Å². The summed E-state index contributed by atoms with van der Waals surface area (Å²) in [7, 11) is 1.64. The van der Waals surface area contributed by atoms with Crippen LogP contribution in [0.15, 0.2) is 91.0 Å². The number of benzene rings is 4. The third kappa shape index (κ3) is 20.2. The van der Waals surface area contributed by atoms with E-state index in [2.05, 4.69) is 13.8 Å². The molecule has 0 radical (unpaired) electrons. The number of unbranched alkanes of at least 4 members (excludes halogenated alkanes) is 22. The highest BCUT2D eigenvalue weighted by molar-refractivity contribution is 5.72. The second kappa shape index (κ2) is 31.7. The lowest BCUT2D eigenvalue weighted by molar-refractivity contribution is -0.384. The Morgan fingerprint density at radius 3 is 1.41 bits per heavy atom. The number of hydrogen-bond acceptors (Lipinski definition) is 8. The van der Waals surface area contributed by atoms with Crippen LogP contribution in [0, 0.1) is 10.1 Å². The Morgan fingerprint density at radius 1 is 0.516 bits per heavy atom. The van der Waals surface area contributed by atoms with Crippen molar-refractivity contribution >= 4 is 11.8 Å². The van der Waals surface area contributed by atoms with Crippen molar-refractivity contribution in [2.24, 2.45) is 0 Å². The minimum absolute atomic E-state index is 0.107. The molecule has 0 saturated carbocycles. The summed E-state index contributed by atoms with van der Waals surface area (Å²) < 4.78 is 29.6. The average Bonchev–Trinajstić information content (AvgIpc) is 3.31. The molecule has 1 unspecified atom stereocenters. The van der Waals surface area contributed by atoms with Crippen LogP contribution in [0.1, 0.15) is 185 Å². The zero-order valence-corrected chi connectivity index (χ0v) is 39.3. The molecule has 0 aromatic heterocycles. The molecule has 4 aromatic carbocycles. The lowest BCUT2D eigenvalue weighted by atomic mass is 9.92. The van der Waals surface area contributed by atoms with E-state index in [9.17, 15) is 14.9 Å². The van der Waals surface area contributed by atoms with E-state index in [0.29, 0.717) is 13.2 Å². The van der Waals surface area contributed by atoms with Gasteiger partial charge in [0.1, 0.15) is 23.0 Å². The smallest absolute Gasteiger partial charge is 0.497 e. The molecule has 0 aliphatic carbocycles. The van der Waals surface area contributed by atoms with Gasteiger partial charge >= 0.3 is 6.16 Å². The van der Waals surface area contributed by atoms with E-state index in [1.54, 1.807) is 7.11 Å². The van der Waals surface area contributed by atoms with Crippen molar-refractivity contribution in [2.45, 2.75) is 174 Å². The number of carbonyl (C=O) groups excluding carboxylic acids is 1. The number of hydrogen-bond donors (Lipinski definition) is 0. The van der Waals surface area contributed by atoms with Gasteiger partial charge in [-0.15, -0.1) is 0 Å². The summed E-state index contributed by atoms with van der Waals surface area (Å²) in [6.07, 6.45) is 29.0. The van der Waals surface area contributed by atoms with E-state index in [1.165, 1.54) is 153 Å². The first-order valence-corrected chi connectivity index (χ1v) is 24.7. The fraction of sp³-hybridized carbons (Fsp3) is 0.545. The molecule has 4 rings (SSSR count). The largest absolute Gasteiger partial charge is 0.514 e. The SMILES string of the molecule is CCCCCCCCCCCCCCOc1ccc(C(OC(=O)Oc2ccc([N+](=O)[O-])cc2)c2ccc(OCCCCCCCCCCCCCC)cc2-c2ccc(OC)cc2)cc1. The minimum atomic E-state index is -0.945. The molecular formula is C55H77NO8. The number of methoxy groups -OCH3 is 1. The zero-order chi connectivity index (χ0) is 45.5. The van der Waals surface area contributed by atoms with E-state index >= 15 is 0 Å². The fourth-order valence-corrected chi connectivity index (χ4v) is 8.04. The lowest BCUT2D eigenvalue weighted by Gasteiger charge is -2.23. The summed E-state index contributed by atoms with van der Waals surface area (Å²) in [5.74, 6) is 2.33. The van der Waals surface area contributed by atoms with Gasteiger partial charge in [-0.1, -0.05) is 185 Å². The van der Waals surface area contributed by atoms with Crippen molar-refractivity contribution in [3.8, 4) is 34.1 Å². The van der Waals surface area contributed by atoms with E-state index < -0.39 is 17.2 Å². The molecule has 0 bridgehead atoms. The highest BCUT2D eigenvalue weighted by Gasteiger charge is 2.25. The van der Waals surface area contributed by atoms with Crippen LogP contribution in [0.3, 0.4) is 0 Å². The van der Waals surface area contributed by atoms with Crippen molar-refractivity contribution in [3.05, 3.63) is 112 Å². The highest BCUT2D eigenvalue weighted by atomic mass is 16.7. The van der Waals surface area contributed by atoms with Crippen LogP contribution >= 0.6 is 0 Å². The third-order valence-corrected chi connectivity index (χ3v) is 11.9. The van der Waals surface area contributed by atoms with Gasteiger partial charge in [0.25, 0.3) is 5.69 Å². The van der Waals surface area contributed by atoms with Crippen LogP contribution in [-0.2, 0) is 4.74 Å². The molecule has 0 fully saturated rings. The molecule has 0 spiro atoms. The zero-order valence-electron chi connectivity index (χ0n) is 39.3. The Bertz CT molecular complexity index is 1840. The van der Waals surface area contributed by atoms with Gasteiger partial charge in [0.15, 0.2) is 6.10 Å². The monoisotopic (exact) mass is 880 g/mol. The molecule has 9 heteroatoms. The summed E-state index contributed by atoms with van der Waals surface area (Å²) in [6, 6.07) is 26.6. The number of non-ortho nitro benzene ring substituents is 1. The number of rotatable bonds is 35.